The number of H-pyrrole nitrogens is 1. The van der Waals surface area contributed by atoms with Crippen molar-refractivity contribution in [3.05, 3.63) is 12.2 Å². The van der Waals surface area contributed by atoms with Crippen molar-refractivity contribution in [2.45, 2.75) is 19.4 Å². The van der Waals surface area contributed by atoms with Gasteiger partial charge in [-0.2, -0.15) is 5.10 Å². The molecule has 0 spiro atoms. The number of aliphatic carboxylic acids is 1. The number of rotatable bonds is 5. The molecule has 1 aromatic rings. The Balaban J connectivity index is 1.79. The van der Waals surface area contributed by atoms with Crippen molar-refractivity contribution >= 4 is 12.0 Å². The minimum atomic E-state index is -0.847. The SMILES string of the molecule is CN(Cc1ncn[nH]1)C(=O)NCC1(C(=O)O)CC1. The highest BCUT2D eigenvalue weighted by molar-refractivity contribution is 5.80. The first kappa shape index (κ1) is 12.3. The van der Waals surface area contributed by atoms with Gasteiger partial charge in [-0.25, -0.2) is 9.78 Å². The van der Waals surface area contributed by atoms with Crippen molar-refractivity contribution in [3.8, 4) is 0 Å². The average molecular weight is 253 g/mol. The van der Waals surface area contributed by atoms with Crippen LogP contribution in [0.1, 0.15) is 18.7 Å². The number of urea groups is 1. The van der Waals surface area contributed by atoms with E-state index in [1.165, 1.54) is 11.2 Å². The summed E-state index contributed by atoms with van der Waals surface area (Å²) < 4.78 is 0. The minimum absolute atomic E-state index is 0.169. The maximum absolute atomic E-state index is 11.7. The lowest BCUT2D eigenvalue weighted by Crippen LogP contribution is -2.41. The monoisotopic (exact) mass is 253 g/mol. The van der Waals surface area contributed by atoms with Crippen LogP contribution in [0.3, 0.4) is 0 Å². The zero-order valence-electron chi connectivity index (χ0n) is 10.0. The fourth-order valence-corrected chi connectivity index (χ4v) is 1.60. The molecule has 2 amide bonds. The molecule has 0 aliphatic heterocycles. The fourth-order valence-electron chi connectivity index (χ4n) is 1.60. The number of nitrogens with zero attached hydrogens (tertiary/aromatic N) is 3. The number of aromatic amines is 1. The highest BCUT2D eigenvalue weighted by atomic mass is 16.4. The Morgan fingerprint density at radius 2 is 2.33 bits per heavy atom. The van der Waals surface area contributed by atoms with Crippen LogP contribution in [-0.2, 0) is 11.3 Å². The summed E-state index contributed by atoms with van der Waals surface area (Å²) in [6, 6.07) is -0.320. The van der Waals surface area contributed by atoms with Gasteiger partial charge < -0.3 is 15.3 Å². The molecule has 1 fully saturated rings. The second-order valence-corrected chi connectivity index (χ2v) is 4.53. The molecule has 18 heavy (non-hydrogen) atoms. The molecular formula is C10H15N5O3. The molecular weight excluding hydrogens is 238 g/mol. The van der Waals surface area contributed by atoms with Crippen LogP contribution in [0.15, 0.2) is 6.33 Å². The van der Waals surface area contributed by atoms with Crippen LogP contribution in [-0.4, -0.2) is 50.8 Å². The molecule has 1 aliphatic carbocycles. The van der Waals surface area contributed by atoms with E-state index in [1.54, 1.807) is 7.05 Å². The van der Waals surface area contributed by atoms with Gasteiger partial charge in [-0.05, 0) is 12.8 Å². The number of nitrogens with one attached hydrogen (secondary N) is 2. The number of hydrogen-bond acceptors (Lipinski definition) is 4. The average Bonchev–Trinajstić information content (AvgIpc) is 2.97. The van der Waals surface area contributed by atoms with E-state index in [-0.39, 0.29) is 12.6 Å². The summed E-state index contributed by atoms with van der Waals surface area (Å²) in [6.07, 6.45) is 2.60. The van der Waals surface area contributed by atoms with E-state index in [2.05, 4.69) is 20.5 Å². The molecule has 98 valence electrons. The van der Waals surface area contributed by atoms with Crippen LogP contribution in [0.2, 0.25) is 0 Å². The first-order valence-corrected chi connectivity index (χ1v) is 5.60. The van der Waals surface area contributed by atoms with E-state index >= 15 is 0 Å². The standard InChI is InChI=1S/C10H15N5O3/c1-15(4-7-12-6-13-14-7)9(18)11-5-10(2-3-10)8(16)17/h6H,2-5H2,1H3,(H,11,18)(H,16,17)(H,12,13,14). The second-order valence-electron chi connectivity index (χ2n) is 4.53. The molecule has 1 saturated carbocycles. The van der Waals surface area contributed by atoms with Gasteiger partial charge >= 0.3 is 12.0 Å². The normalized spacial score (nSPS) is 16.1. The van der Waals surface area contributed by atoms with Gasteiger partial charge in [0.25, 0.3) is 0 Å². The summed E-state index contributed by atoms with van der Waals surface area (Å²) in [6.45, 7) is 0.466. The largest absolute Gasteiger partial charge is 0.481 e. The molecule has 2 rings (SSSR count). The van der Waals surface area contributed by atoms with E-state index in [0.29, 0.717) is 25.2 Å². The summed E-state index contributed by atoms with van der Waals surface area (Å²) in [5.41, 5.74) is -0.747. The van der Waals surface area contributed by atoms with Gasteiger partial charge in [0.05, 0.1) is 12.0 Å². The van der Waals surface area contributed by atoms with Crippen LogP contribution >= 0.6 is 0 Å². The second kappa shape index (κ2) is 4.63. The van der Waals surface area contributed by atoms with Gasteiger partial charge in [0.2, 0.25) is 0 Å². The third-order valence-corrected chi connectivity index (χ3v) is 3.08. The Labute approximate surface area is 103 Å². The Morgan fingerprint density at radius 3 is 2.83 bits per heavy atom. The molecule has 1 aliphatic rings. The van der Waals surface area contributed by atoms with Crippen LogP contribution in [0.4, 0.5) is 4.79 Å². The quantitative estimate of drug-likeness (QED) is 0.673. The van der Waals surface area contributed by atoms with Crippen LogP contribution < -0.4 is 5.32 Å². The summed E-state index contributed by atoms with van der Waals surface area (Å²) in [5.74, 6) is -0.271. The maximum atomic E-state index is 11.7. The van der Waals surface area contributed by atoms with E-state index in [4.69, 9.17) is 5.11 Å². The highest BCUT2D eigenvalue weighted by Gasteiger charge is 2.50. The van der Waals surface area contributed by atoms with Gasteiger partial charge in [-0.15, -0.1) is 0 Å². The first-order valence-electron chi connectivity index (χ1n) is 5.60. The predicted molar refractivity (Wildman–Crippen MR) is 60.6 cm³/mol. The zero-order valence-corrected chi connectivity index (χ0v) is 10.0. The molecule has 3 N–H and O–H groups in total. The van der Waals surface area contributed by atoms with Crippen molar-refractivity contribution in [1.29, 1.82) is 0 Å². The van der Waals surface area contributed by atoms with Gasteiger partial charge in [0.15, 0.2) is 0 Å². The summed E-state index contributed by atoms with van der Waals surface area (Å²) in [7, 11) is 1.61. The molecule has 0 aromatic carbocycles. The number of aromatic nitrogens is 3. The van der Waals surface area contributed by atoms with Crippen molar-refractivity contribution in [2.75, 3.05) is 13.6 Å². The molecule has 0 radical (unpaired) electrons. The Hall–Kier alpha value is -2.12. The zero-order chi connectivity index (χ0) is 13.2. The number of carboxylic acid groups (broad SMARTS) is 1. The molecule has 1 heterocycles. The van der Waals surface area contributed by atoms with E-state index < -0.39 is 11.4 Å². The number of amides is 2. The number of carboxylic acids is 1. The Kier molecular flexibility index (Phi) is 3.17. The molecule has 0 saturated heterocycles. The first-order chi connectivity index (χ1) is 8.53. The molecule has 1 aromatic heterocycles. The summed E-state index contributed by atoms with van der Waals surface area (Å²) in [5, 5.41) is 17.9. The molecule has 0 bridgehead atoms. The Bertz CT molecular complexity index is 440. The van der Waals surface area contributed by atoms with Crippen molar-refractivity contribution in [2.24, 2.45) is 5.41 Å². The van der Waals surface area contributed by atoms with Gasteiger partial charge in [0.1, 0.15) is 12.2 Å². The number of carbonyl (C=O) groups is 2. The smallest absolute Gasteiger partial charge is 0.317 e. The van der Waals surface area contributed by atoms with E-state index in [0.717, 1.165) is 0 Å². The van der Waals surface area contributed by atoms with Crippen LogP contribution in [0, 0.1) is 5.41 Å². The summed E-state index contributed by atoms with van der Waals surface area (Å²) >= 11 is 0. The number of carbonyl (C=O) groups excluding carboxylic acids is 1. The number of hydrogen-bond donors (Lipinski definition) is 3. The van der Waals surface area contributed by atoms with E-state index in [9.17, 15) is 9.59 Å². The minimum Gasteiger partial charge on any atom is -0.481 e. The van der Waals surface area contributed by atoms with Crippen molar-refractivity contribution < 1.29 is 14.7 Å². The van der Waals surface area contributed by atoms with Gasteiger partial charge in [0, 0.05) is 13.6 Å². The third-order valence-electron chi connectivity index (χ3n) is 3.08. The van der Waals surface area contributed by atoms with Crippen molar-refractivity contribution in [3.63, 3.8) is 0 Å². The lowest BCUT2D eigenvalue weighted by molar-refractivity contribution is -0.143. The van der Waals surface area contributed by atoms with Gasteiger partial charge in [-0.1, -0.05) is 0 Å². The maximum Gasteiger partial charge on any atom is 0.317 e. The lowest BCUT2D eigenvalue weighted by atomic mass is 10.1. The van der Waals surface area contributed by atoms with Crippen LogP contribution in [0.5, 0.6) is 0 Å². The van der Waals surface area contributed by atoms with Crippen LogP contribution in [0.25, 0.3) is 0 Å². The van der Waals surface area contributed by atoms with Gasteiger partial charge in [-0.3, -0.25) is 9.89 Å². The fraction of sp³-hybridized carbons (Fsp3) is 0.600. The van der Waals surface area contributed by atoms with Crippen molar-refractivity contribution in [1.82, 2.24) is 25.4 Å². The highest BCUT2D eigenvalue weighted by Crippen LogP contribution is 2.45. The molecule has 8 heteroatoms. The Morgan fingerprint density at radius 1 is 1.61 bits per heavy atom. The van der Waals surface area contributed by atoms with E-state index in [1.807, 2.05) is 0 Å². The molecule has 8 nitrogen and oxygen atoms in total. The lowest BCUT2D eigenvalue weighted by Gasteiger charge is -2.18. The predicted octanol–water partition coefficient (Wildman–Crippen LogP) is -0.189. The molecule has 0 unspecified atom stereocenters. The third kappa shape index (κ3) is 2.58. The summed E-state index contributed by atoms with van der Waals surface area (Å²) in [4.78, 5) is 28.0. The topological polar surface area (TPSA) is 111 Å². The molecule has 0 atom stereocenters.